The molecule has 0 aliphatic heterocycles. The number of carboxylic acids is 1. The largest absolute Gasteiger partial charge is 0.494 e. The molecule has 0 aromatic heterocycles. The fourth-order valence-corrected chi connectivity index (χ4v) is 3.67. The minimum atomic E-state index is -1.20. The van der Waals surface area contributed by atoms with Crippen molar-refractivity contribution in [2.45, 2.75) is 45.1 Å². The van der Waals surface area contributed by atoms with Gasteiger partial charge in [0.15, 0.2) is 0 Å². The molecule has 0 fully saturated rings. The number of hydrogen-bond donors (Lipinski definition) is 2. The average Bonchev–Trinajstić information content (AvgIpc) is 2.93. The number of ether oxygens (including phenoxy) is 2. The summed E-state index contributed by atoms with van der Waals surface area (Å²) in [5.41, 5.74) is 1.51. The van der Waals surface area contributed by atoms with Crippen LogP contribution in [0.15, 0.2) is 72.8 Å². The molecule has 0 aliphatic rings. The van der Waals surface area contributed by atoms with Crippen LogP contribution in [0.3, 0.4) is 0 Å². The third-order valence-electron chi connectivity index (χ3n) is 5.79. The molecule has 196 valence electrons. The monoisotopic (exact) mass is 514 g/mol. The maximum Gasteiger partial charge on any atom is 0.343 e. The summed E-state index contributed by atoms with van der Waals surface area (Å²) >= 11 is 0. The van der Waals surface area contributed by atoms with Gasteiger partial charge in [-0.25, -0.2) is 9.59 Å². The van der Waals surface area contributed by atoms with Crippen LogP contribution >= 0.6 is 0 Å². The van der Waals surface area contributed by atoms with E-state index < -0.39 is 23.9 Å². The van der Waals surface area contributed by atoms with Gasteiger partial charge in [-0.3, -0.25) is 4.79 Å². The molecular weight excluding hydrogens is 484 g/mol. The number of unbranched alkanes of at least 4 members (excludes halogenated alkanes) is 3. The quantitative estimate of drug-likeness (QED) is 0.183. The summed E-state index contributed by atoms with van der Waals surface area (Å²) in [6.45, 7) is 2.79. The van der Waals surface area contributed by atoms with E-state index in [2.05, 4.69) is 12.2 Å². The Morgan fingerprint density at radius 2 is 1.63 bits per heavy atom. The topological polar surface area (TPSA) is 126 Å². The van der Waals surface area contributed by atoms with Gasteiger partial charge in [-0.1, -0.05) is 44.4 Å². The molecule has 3 aromatic rings. The Morgan fingerprint density at radius 3 is 2.29 bits per heavy atom. The molecule has 2 N–H and O–H groups in total. The van der Waals surface area contributed by atoms with Crippen LogP contribution in [-0.2, 0) is 11.2 Å². The fraction of sp³-hybridized carbons (Fsp3) is 0.267. The van der Waals surface area contributed by atoms with E-state index in [1.165, 1.54) is 25.0 Å². The van der Waals surface area contributed by atoms with E-state index in [1.54, 1.807) is 60.7 Å². The van der Waals surface area contributed by atoms with E-state index in [0.717, 1.165) is 12.8 Å². The zero-order chi connectivity index (χ0) is 27.3. The molecule has 0 aliphatic carbocycles. The van der Waals surface area contributed by atoms with Crippen LogP contribution < -0.4 is 14.8 Å². The second-order valence-corrected chi connectivity index (χ2v) is 8.73. The van der Waals surface area contributed by atoms with Crippen molar-refractivity contribution in [1.82, 2.24) is 5.32 Å². The number of esters is 1. The SMILES string of the molecule is CCCCCCOc1ccc(C(=O)Oc2ccc(C[C@H](NC(=O)c3cccc(C#N)c3)C(=O)O)cc2)cc1. The lowest BCUT2D eigenvalue weighted by atomic mass is 10.0. The van der Waals surface area contributed by atoms with Gasteiger partial charge < -0.3 is 19.9 Å². The van der Waals surface area contributed by atoms with Crippen LogP contribution in [0, 0.1) is 11.3 Å². The third kappa shape index (κ3) is 8.49. The summed E-state index contributed by atoms with van der Waals surface area (Å²) in [4.78, 5) is 36.7. The number of carboxylic acid groups (broad SMARTS) is 1. The van der Waals surface area contributed by atoms with E-state index in [4.69, 9.17) is 14.7 Å². The molecule has 0 heterocycles. The summed E-state index contributed by atoms with van der Waals surface area (Å²) in [6.07, 6.45) is 4.49. The van der Waals surface area contributed by atoms with Gasteiger partial charge in [0.05, 0.1) is 23.8 Å². The van der Waals surface area contributed by atoms with Gasteiger partial charge in [0.2, 0.25) is 0 Å². The fourth-order valence-electron chi connectivity index (χ4n) is 3.67. The number of hydrogen-bond acceptors (Lipinski definition) is 6. The molecule has 0 saturated heterocycles. The second kappa shape index (κ2) is 14.2. The zero-order valence-corrected chi connectivity index (χ0v) is 21.2. The Morgan fingerprint density at radius 1 is 0.921 bits per heavy atom. The molecule has 0 spiro atoms. The van der Waals surface area contributed by atoms with Crippen molar-refractivity contribution in [2.75, 3.05) is 6.61 Å². The number of rotatable bonds is 13. The van der Waals surface area contributed by atoms with Crippen molar-refractivity contribution in [3.63, 3.8) is 0 Å². The van der Waals surface area contributed by atoms with Crippen molar-refractivity contribution in [1.29, 1.82) is 5.26 Å². The highest BCUT2D eigenvalue weighted by Crippen LogP contribution is 2.18. The highest BCUT2D eigenvalue weighted by molar-refractivity contribution is 5.97. The van der Waals surface area contributed by atoms with E-state index in [0.29, 0.717) is 34.8 Å². The molecule has 1 amide bonds. The Bertz CT molecular complexity index is 1280. The number of benzene rings is 3. The van der Waals surface area contributed by atoms with Gasteiger partial charge in [0, 0.05) is 12.0 Å². The molecule has 0 saturated carbocycles. The highest BCUT2D eigenvalue weighted by Gasteiger charge is 2.21. The molecular formula is C30H30N2O6. The lowest BCUT2D eigenvalue weighted by molar-refractivity contribution is -0.139. The zero-order valence-electron chi connectivity index (χ0n) is 21.2. The maximum absolute atomic E-state index is 12.5. The van der Waals surface area contributed by atoms with Gasteiger partial charge in [-0.15, -0.1) is 0 Å². The van der Waals surface area contributed by atoms with Crippen molar-refractivity contribution >= 4 is 17.8 Å². The lowest BCUT2D eigenvalue weighted by Gasteiger charge is -2.15. The molecule has 8 nitrogen and oxygen atoms in total. The molecule has 0 bridgehead atoms. The molecule has 3 aromatic carbocycles. The summed E-state index contributed by atoms with van der Waals surface area (Å²) < 4.78 is 11.1. The summed E-state index contributed by atoms with van der Waals surface area (Å²) in [6, 6.07) is 19.9. The van der Waals surface area contributed by atoms with Crippen LogP contribution in [0.1, 0.15) is 64.4 Å². The number of carbonyl (C=O) groups excluding carboxylic acids is 2. The number of nitrogens with one attached hydrogen (secondary N) is 1. The minimum absolute atomic E-state index is 0.0210. The van der Waals surface area contributed by atoms with Crippen molar-refractivity contribution < 1.29 is 29.0 Å². The number of aliphatic carboxylic acids is 1. The molecule has 0 unspecified atom stereocenters. The first-order chi connectivity index (χ1) is 18.4. The molecule has 8 heteroatoms. The van der Waals surface area contributed by atoms with E-state index in [9.17, 15) is 19.5 Å². The van der Waals surface area contributed by atoms with Gasteiger partial charge in [-0.05, 0) is 66.6 Å². The first-order valence-electron chi connectivity index (χ1n) is 12.5. The van der Waals surface area contributed by atoms with E-state index in [-0.39, 0.29) is 12.0 Å². The Kier molecular flexibility index (Phi) is 10.4. The summed E-state index contributed by atoms with van der Waals surface area (Å²) in [5.74, 6) is -1.31. The predicted molar refractivity (Wildman–Crippen MR) is 141 cm³/mol. The molecule has 38 heavy (non-hydrogen) atoms. The van der Waals surface area contributed by atoms with Gasteiger partial charge in [0.1, 0.15) is 17.5 Å². The van der Waals surface area contributed by atoms with Crippen LogP contribution in [0.2, 0.25) is 0 Å². The second-order valence-electron chi connectivity index (χ2n) is 8.73. The Balaban J connectivity index is 1.54. The van der Waals surface area contributed by atoms with Gasteiger partial charge in [-0.2, -0.15) is 5.26 Å². The minimum Gasteiger partial charge on any atom is -0.494 e. The predicted octanol–water partition coefficient (Wildman–Crippen LogP) is 5.16. The lowest BCUT2D eigenvalue weighted by Crippen LogP contribution is -2.42. The van der Waals surface area contributed by atoms with Crippen LogP contribution in [0.4, 0.5) is 0 Å². The molecule has 3 rings (SSSR count). The maximum atomic E-state index is 12.5. The van der Waals surface area contributed by atoms with E-state index >= 15 is 0 Å². The summed E-state index contributed by atoms with van der Waals surface area (Å²) in [5, 5.41) is 21.1. The number of nitriles is 1. The smallest absolute Gasteiger partial charge is 0.343 e. The number of amides is 1. The van der Waals surface area contributed by atoms with Gasteiger partial charge >= 0.3 is 11.9 Å². The Labute approximate surface area is 221 Å². The van der Waals surface area contributed by atoms with E-state index in [1.807, 2.05) is 6.07 Å². The molecule has 1 atom stereocenters. The van der Waals surface area contributed by atoms with Crippen molar-refractivity contribution in [2.24, 2.45) is 0 Å². The standard InChI is InChI=1S/C30H30N2O6/c1-2-3-4-5-17-37-25-15-11-23(12-16-25)30(36)38-26-13-9-21(10-14-26)19-27(29(34)35)32-28(33)24-8-6-7-22(18-24)20-31/h6-16,18,27H,2-5,17,19H2,1H3,(H,32,33)(H,34,35)/t27-/m0/s1. The third-order valence-corrected chi connectivity index (χ3v) is 5.79. The average molecular weight is 515 g/mol. The van der Waals surface area contributed by atoms with Crippen LogP contribution in [0.25, 0.3) is 0 Å². The summed E-state index contributed by atoms with van der Waals surface area (Å²) in [7, 11) is 0. The normalized spacial score (nSPS) is 11.2. The number of carbonyl (C=O) groups is 3. The first-order valence-corrected chi connectivity index (χ1v) is 12.5. The van der Waals surface area contributed by atoms with Crippen LogP contribution in [0.5, 0.6) is 11.5 Å². The number of nitrogens with zero attached hydrogens (tertiary/aromatic N) is 1. The van der Waals surface area contributed by atoms with Gasteiger partial charge in [0.25, 0.3) is 5.91 Å². The molecule has 0 radical (unpaired) electrons. The van der Waals surface area contributed by atoms with Crippen molar-refractivity contribution in [3.05, 3.63) is 95.1 Å². The first kappa shape index (κ1) is 27.9. The Hall–Kier alpha value is -4.64. The highest BCUT2D eigenvalue weighted by atomic mass is 16.5. The van der Waals surface area contributed by atoms with Crippen molar-refractivity contribution in [3.8, 4) is 17.6 Å². The van der Waals surface area contributed by atoms with Crippen LogP contribution in [-0.4, -0.2) is 35.6 Å².